The molecule has 2 N–H and O–H groups in total. The fraction of sp³-hybridized carbons (Fsp3) is 0.562. The fourth-order valence-electron chi connectivity index (χ4n) is 1.89. The van der Waals surface area contributed by atoms with E-state index in [0.717, 1.165) is 19.0 Å². The number of guanidine groups is 1. The van der Waals surface area contributed by atoms with Crippen molar-refractivity contribution in [2.24, 2.45) is 4.99 Å². The van der Waals surface area contributed by atoms with E-state index in [2.05, 4.69) is 15.6 Å². The molecule has 0 aromatic heterocycles. The maximum absolute atomic E-state index is 13.5. The number of ether oxygens (including phenoxy) is 2. The molecule has 0 fully saturated rings. The van der Waals surface area contributed by atoms with E-state index in [4.69, 9.17) is 9.47 Å². The summed E-state index contributed by atoms with van der Waals surface area (Å²) < 4.78 is 36.6. The van der Waals surface area contributed by atoms with Gasteiger partial charge in [-0.15, -0.1) is 24.0 Å². The van der Waals surface area contributed by atoms with E-state index in [9.17, 15) is 8.78 Å². The third-order valence-electron chi connectivity index (χ3n) is 3.12. The summed E-state index contributed by atoms with van der Waals surface area (Å²) in [7, 11) is 3.31. The highest BCUT2D eigenvalue weighted by molar-refractivity contribution is 14.0. The second kappa shape index (κ2) is 14.4. The molecule has 1 aromatic rings. The number of halogens is 3. The van der Waals surface area contributed by atoms with Crippen LogP contribution in [0, 0.1) is 11.6 Å². The zero-order chi connectivity index (χ0) is 16.9. The summed E-state index contributed by atoms with van der Waals surface area (Å²) in [5.74, 6) is -0.447. The van der Waals surface area contributed by atoms with Gasteiger partial charge in [-0.05, 0) is 24.5 Å². The molecule has 0 saturated heterocycles. The number of nitrogens with zero attached hydrogens (tertiary/aromatic N) is 1. The second-order valence-electron chi connectivity index (χ2n) is 4.87. The first-order valence-corrected chi connectivity index (χ1v) is 7.62. The van der Waals surface area contributed by atoms with Crippen LogP contribution in [0.5, 0.6) is 0 Å². The summed E-state index contributed by atoms with van der Waals surface area (Å²) in [6.45, 7) is 3.06. The van der Waals surface area contributed by atoms with Crippen molar-refractivity contribution < 1.29 is 18.3 Å². The van der Waals surface area contributed by atoms with Gasteiger partial charge in [0.05, 0.1) is 13.2 Å². The highest BCUT2D eigenvalue weighted by Crippen LogP contribution is 2.09. The van der Waals surface area contributed by atoms with Gasteiger partial charge in [0, 0.05) is 39.9 Å². The molecule has 0 saturated carbocycles. The summed E-state index contributed by atoms with van der Waals surface area (Å²) in [5.41, 5.74) is 0.473. The molecule has 138 valence electrons. The Hall–Kier alpha value is -1.00. The molecule has 0 heterocycles. The molecule has 0 atom stereocenters. The Morgan fingerprint density at radius 2 is 1.88 bits per heavy atom. The van der Waals surface area contributed by atoms with Gasteiger partial charge in [-0.3, -0.25) is 4.99 Å². The van der Waals surface area contributed by atoms with Crippen molar-refractivity contribution in [1.82, 2.24) is 10.6 Å². The van der Waals surface area contributed by atoms with Crippen molar-refractivity contribution in [3.8, 4) is 0 Å². The van der Waals surface area contributed by atoms with Gasteiger partial charge in [-0.2, -0.15) is 0 Å². The molecule has 1 rings (SSSR count). The van der Waals surface area contributed by atoms with E-state index in [1.807, 2.05) is 0 Å². The number of hydrogen-bond acceptors (Lipinski definition) is 3. The minimum absolute atomic E-state index is 0. The Morgan fingerprint density at radius 3 is 2.54 bits per heavy atom. The van der Waals surface area contributed by atoms with Crippen molar-refractivity contribution >= 4 is 29.9 Å². The van der Waals surface area contributed by atoms with E-state index in [-0.39, 0.29) is 24.0 Å². The van der Waals surface area contributed by atoms with E-state index in [1.54, 1.807) is 14.2 Å². The van der Waals surface area contributed by atoms with E-state index >= 15 is 0 Å². The van der Waals surface area contributed by atoms with Gasteiger partial charge in [0.2, 0.25) is 0 Å². The number of rotatable bonds is 10. The molecule has 0 spiro atoms. The Balaban J connectivity index is 0.00000529. The third kappa shape index (κ3) is 9.99. The maximum Gasteiger partial charge on any atom is 0.190 e. The van der Waals surface area contributed by atoms with Crippen molar-refractivity contribution in [1.29, 1.82) is 0 Å². The van der Waals surface area contributed by atoms with Crippen LogP contribution in [-0.4, -0.2) is 53.0 Å². The first kappa shape index (κ1) is 23.0. The van der Waals surface area contributed by atoms with Crippen molar-refractivity contribution in [3.63, 3.8) is 0 Å². The predicted molar refractivity (Wildman–Crippen MR) is 102 cm³/mol. The lowest BCUT2D eigenvalue weighted by molar-refractivity contribution is 0.0698. The number of aliphatic imine (C=N–C) groups is 1. The molecule has 0 amide bonds. The highest BCUT2D eigenvalue weighted by atomic mass is 127. The lowest BCUT2D eigenvalue weighted by Crippen LogP contribution is -2.39. The van der Waals surface area contributed by atoms with E-state index < -0.39 is 11.6 Å². The average Bonchev–Trinajstić information content (AvgIpc) is 2.54. The van der Waals surface area contributed by atoms with E-state index in [0.29, 0.717) is 44.3 Å². The monoisotopic (exact) mass is 457 g/mol. The Labute approximate surface area is 159 Å². The summed E-state index contributed by atoms with van der Waals surface area (Å²) in [6, 6.07) is 3.61. The van der Waals surface area contributed by atoms with Crippen LogP contribution >= 0.6 is 24.0 Å². The van der Waals surface area contributed by atoms with Crippen molar-refractivity contribution in [3.05, 3.63) is 35.4 Å². The van der Waals surface area contributed by atoms with Crippen LogP contribution < -0.4 is 10.6 Å². The Morgan fingerprint density at radius 1 is 1.12 bits per heavy atom. The molecule has 0 aliphatic heterocycles. The third-order valence-corrected chi connectivity index (χ3v) is 3.12. The highest BCUT2D eigenvalue weighted by Gasteiger charge is 2.04. The van der Waals surface area contributed by atoms with Gasteiger partial charge in [0.15, 0.2) is 5.96 Å². The van der Waals surface area contributed by atoms with Gasteiger partial charge in [0.25, 0.3) is 0 Å². The van der Waals surface area contributed by atoms with Crippen LogP contribution in [0.3, 0.4) is 0 Å². The average molecular weight is 457 g/mol. The van der Waals surface area contributed by atoms with Gasteiger partial charge in [0.1, 0.15) is 11.6 Å². The fourth-order valence-corrected chi connectivity index (χ4v) is 1.89. The summed E-state index contributed by atoms with van der Waals surface area (Å²) in [6.07, 6.45) is 1.30. The lowest BCUT2D eigenvalue weighted by atomic mass is 10.1. The molecule has 0 aliphatic carbocycles. The van der Waals surface area contributed by atoms with Crippen molar-refractivity contribution in [2.75, 3.05) is 47.1 Å². The largest absolute Gasteiger partial charge is 0.382 e. The molecule has 0 radical (unpaired) electrons. The zero-order valence-corrected chi connectivity index (χ0v) is 16.4. The summed E-state index contributed by atoms with van der Waals surface area (Å²) in [5, 5.41) is 6.23. The minimum atomic E-state index is -0.565. The predicted octanol–water partition coefficient (Wildman–Crippen LogP) is 2.34. The molecule has 24 heavy (non-hydrogen) atoms. The lowest BCUT2D eigenvalue weighted by Gasteiger charge is -2.12. The van der Waals surface area contributed by atoms with E-state index in [1.165, 1.54) is 12.1 Å². The molecule has 1 aromatic carbocycles. The molecule has 0 unspecified atom stereocenters. The standard InChI is InChI=1S/C16H25F2N3O2.HI/c1-19-16(20-7-3-9-23-11-10-22-2)21-8-6-13-4-5-14(17)12-15(13)18;/h4-5,12H,3,6-11H2,1-2H3,(H2,19,20,21);1H. The van der Waals surface area contributed by atoms with Crippen LogP contribution in [0.4, 0.5) is 8.78 Å². The van der Waals surface area contributed by atoms with Gasteiger partial charge in [-0.25, -0.2) is 8.78 Å². The number of nitrogens with one attached hydrogen (secondary N) is 2. The molecular weight excluding hydrogens is 431 g/mol. The Kier molecular flexibility index (Phi) is 13.8. The molecule has 8 heteroatoms. The Bertz CT molecular complexity index is 490. The minimum Gasteiger partial charge on any atom is -0.382 e. The van der Waals surface area contributed by atoms with Crippen LogP contribution in [0.15, 0.2) is 23.2 Å². The number of benzene rings is 1. The van der Waals surface area contributed by atoms with Gasteiger partial charge < -0.3 is 20.1 Å². The zero-order valence-electron chi connectivity index (χ0n) is 14.1. The molecular formula is C16H26F2IN3O2. The quantitative estimate of drug-likeness (QED) is 0.245. The van der Waals surface area contributed by atoms with Crippen LogP contribution in [0.2, 0.25) is 0 Å². The topological polar surface area (TPSA) is 54.9 Å². The first-order valence-electron chi connectivity index (χ1n) is 7.62. The molecule has 5 nitrogen and oxygen atoms in total. The van der Waals surface area contributed by atoms with Crippen molar-refractivity contribution in [2.45, 2.75) is 12.8 Å². The first-order chi connectivity index (χ1) is 11.2. The van der Waals surface area contributed by atoms with Gasteiger partial charge >= 0.3 is 0 Å². The molecule has 0 aliphatic rings. The normalized spacial score (nSPS) is 11.1. The summed E-state index contributed by atoms with van der Waals surface area (Å²) >= 11 is 0. The number of methoxy groups -OCH3 is 1. The van der Waals surface area contributed by atoms with Gasteiger partial charge in [-0.1, -0.05) is 6.07 Å². The van der Waals surface area contributed by atoms with Crippen LogP contribution in [0.25, 0.3) is 0 Å². The number of hydrogen-bond donors (Lipinski definition) is 2. The second-order valence-corrected chi connectivity index (χ2v) is 4.87. The molecule has 0 bridgehead atoms. The van der Waals surface area contributed by atoms with Crippen LogP contribution in [-0.2, 0) is 15.9 Å². The maximum atomic E-state index is 13.5. The summed E-state index contributed by atoms with van der Waals surface area (Å²) in [4.78, 5) is 4.08. The SMILES string of the molecule is CN=C(NCCCOCCOC)NCCc1ccc(F)cc1F.I. The van der Waals surface area contributed by atoms with Crippen LogP contribution in [0.1, 0.15) is 12.0 Å². The smallest absolute Gasteiger partial charge is 0.190 e.